The van der Waals surface area contributed by atoms with E-state index in [0.29, 0.717) is 18.4 Å². The average Bonchev–Trinajstić information content (AvgIpc) is 3.09. The van der Waals surface area contributed by atoms with Gasteiger partial charge in [-0.05, 0) is 56.8 Å². The number of hydrogen-bond donors (Lipinski definition) is 2. The molecular weight excluding hydrogens is 288 g/mol. The molecule has 2 saturated carbocycles. The molecule has 0 aromatic rings. The van der Waals surface area contributed by atoms with Crippen LogP contribution < -0.4 is 4.72 Å². The maximum atomic E-state index is 12.6. The Morgan fingerprint density at radius 3 is 2.67 bits per heavy atom. The van der Waals surface area contributed by atoms with Crippen molar-refractivity contribution in [2.45, 2.75) is 64.0 Å². The van der Waals surface area contributed by atoms with Gasteiger partial charge in [0.2, 0.25) is 0 Å². The number of aliphatic hydroxyl groups is 1. The Bertz CT molecular complexity index is 468. The highest BCUT2D eigenvalue weighted by Crippen LogP contribution is 2.49. The molecule has 0 aromatic carbocycles. The molecule has 3 aliphatic rings. The first kappa shape index (κ1) is 15.7. The van der Waals surface area contributed by atoms with Crippen molar-refractivity contribution in [3.05, 3.63) is 0 Å². The monoisotopic (exact) mass is 316 g/mol. The Morgan fingerprint density at radius 2 is 2.05 bits per heavy atom. The summed E-state index contributed by atoms with van der Waals surface area (Å²) in [7, 11) is -3.47. The Hall–Kier alpha value is -0.170. The molecule has 2 bridgehead atoms. The smallest absolute Gasteiger partial charge is 0.280 e. The van der Waals surface area contributed by atoms with E-state index < -0.39 is 10.2 Å². The molecule has 1 saturated heterocycles. The van der Waals surface area contributed by atoms with Crippen LogP contribution in [0, 0.1) is 17.8 Å². The zero-order chi connectivity index (χ0) is 15.0. The third-order valence-electron chi connectivity index (χ3n) is 5.86. The first-order valence-electron chi connectivity index (χ1n) is 8.41. The molecule has 0 spiro atoms. The first-order valence-corrected chi connectivity index (χ1v) is 9.85. The van der Waals surface area contributed by atoms with Gasteiger partial charge in [0.1, 0.15) is 0 Å². The van der Waals surface area contributed by atoms with Crippen LogP contribution in [0.5, 0.6) is 0 Å². The van der Waals surface area contributed by atoms with Crippen molar-refractivity contribution in [2.24, 2.45) is 17.8 Å². The minimum Gasteiger partial charge on any atom is -0.395 e. The molecule has 2 aliphatic carbocycles. The lowest BCUT2D eigenvalue weighted by Gasteiger charge is -2.36. The van der Waals surface area contributed by atoms with Crippen LogP contribution in [-0.2, 0) is 10.2 Å². The molecule has 0 amide bonds. The van der Waals surface area contributed by atoms with Gasteiger partial charge in [-0.15, -0.1) is 0 Å². The number of aliphatic hydroxyl groups excluding tert-OH is 1. The normalized spacial score (nSPS) is 38.8. The highest BCUT2D eigenvalue weighted by atomic mass is 32.2. The summed E-state index contributed by atoms with van der Waals surface area (Å²) < 4.78 is 29.7. The van der Waals surface area contributed by atoms with Crippen LogP contribution in [0.1, 0.15) is 51.9 Å². The highest BCUT2D eigenvalue weighted by molar-refractivity contribution is 7.87. The molecule has 1 aliphatic heterocycles. The minimum absolute atomic E-state index is 0.00608. The lowest BCUT2D eigenvalue weighted by atomic mass is 9.84. The lowest BCUT2D eigenvalue weighted by molar-refractivity contribution is 0.152. The van der Waals surface area contributed by atoms with E-state index >= 15 is 0 Å². The van der Waals surface area contributed by atoms with Gasteiger partial charge in [0, 0.05) is 18.6 Å². The van der Waals surface area contributed by atoms with Crippen LogP contribution in [0.3, 0.4) is 0 Å². The number of piperidine rings is 1. The summed E-state index contributed by atoms with van der Waals surface area (Å²) >= 11 is 0. The van der Waals surface area contributed by atoms with Crippen molar-refractivity contribution in [1.82, 2.24) is 9.03 Å². The minimum atomic E-state index is -3.47. The van der Waals surface area contributed by atoms with Crippen LogP contribution in [0.25, 0.3) is 0 Å². The second-order valence-corrected chi connectivity index (χ2v) is 8.85. The zero-order valence-corrected chi connectivity index (χ0v) is 13.7. The van der Waals surface area contributed by atoms with Crippen LogP contribution >= 0.6 is 0 Å². The second-order valence-electron chi connectivity index (χ2n) is 7.19. The maximum absolute atomic E-state index is 12.6. The van der Waals surface area contributed by atoms with Gasteiger partial charge in [0.25, 0.3) is 10.2 Å². The molecule has 6 heteroatoms. The first-order chi connectivity index (χ1) is 10.0. The average molecular weight is 316 g/mol. The van der Waals surface area contributed by atoms with Gasteiger partial charge >= 0.3 is 0 Å². The Kier molecular flexibility index (Phi) is 4.60. The largest absolute Gasteiger partial charge is 0.395 e. The van der Waals surface area contributed by atoms with E-state index in [4.69, 9.17) is 0 Å². The number of nitrogens with one attached hydrogen (secondary N) is 1. The number of fused-ring (bicyclic) bond motifs is 2. The summed E-state index contributed by atoms with van der Waals surface area (Å²) in [5, 5.41) is 9.42. The van der Waals surface area contributed by atoms with Gasteiger partial charge < -0.3 is 5.11 Å². The quantitative estimate of drug-likeness (QED) is 0.807. The molecule has 0 radical (unpaired) electrons. The third-order valence-corrected chi connectivity index (χ3v) is 7.63. The molecule has 3 fully saturated rings. The summed E-state index contributed by atoms with van der Waals surface area (Å²) in [5.41, 5.74) is 0. The maximum Gasteiger partial charge on any atom is 0.280 e. The molecule has 2 N–H and O–H groups in total. The Morgan fingerprint density at radius 1 is 1.24 bits per heavy atom. The Labute approximate surface area is 128 Å². The predicted octanol–water partition coefficient (Wildman–Crippen LogP) is 1.49. The fourth-order valence-electron chi connectivity index (χ4n) is 4.77. The van der Waals surface area contributed by atoms with Crippen LogP contribution in [0.4, 0.5) is 0 Å². The number of hydrogen-bond acceptors (Lipinski definition) is 3. The van der Waals surface area contributed by atoms with Gasteiger partial charge in [-0.1, -0.05) is 12.8 Å². The van der Waals surface area contributed by atoms with E-state index in [1.165, 1.54) is 30.0 Å². The topological polar surface area (TPSA) is 69.6 Å². The van der Waals surface area contributed by atoms with Crippen molar-refractivity contribution in [3.63, 3.8) is 0 Å². The van der Waals surface area contributed by atoms with Crippen LogP contribution in [-0.4, -0.2) is 43.1 Å². The zero-order valence-electron chi connectivity index (χ0n) is 12.9. The summed E-state index contributed by atoms with van der Waals surface area (Å²) in [6, 6.07) is -0.241. The Balaban J connectivity index is 1.64. The van der Waals surface area contributed by atoms with Crippen molar-refractivity contribution >= 4 is 10.2 Å². The van der Waals surface area contributed by atoms with Crippen molar-refractivity contribution in [2.75, 3.05) is 13.2 Å². The van der Waals surface area contributed by atoms with E-state index in [1.54, 1.807) is 0 Å². The van der Waals surface area contributed by atoms with E-state index in [-0.39, 0.29) is 18.7 Å². The highest BCUT2D eigenvalue weighted by Gasteiger charge is 2.43. The van der Waals surface area contributed by atoms with Crippen molar-refractivity contribution in [3.8, 4) is 0 Å². The molecule has 122 valence electrons. The third kappa shape index (κ3) is 3.14. The summed E-state index contributed by atoms with van der Waals surface area (Å²) in [6.45, 7) is 2.47. The SMILES string of the molecule is CC(NS(=O)(=O)N1CCCCC1CO)C1CC2CCC1C2. The molecule has 5 nitrogen and oxygen atoms in total. The fourth-order valence-corrected chi connectivity index (χ4v) is 6.48. The predicted molar refractivity (Wildman–Crippen MR) is 81.9 cm³/mol. The van der Waals surface area contributed by atoms with Crippen molar-refractivity contribution < 1.29 is 13.5 Å². The summed E-state index contributed by atoms with van der Waals surface area (Å²) in [6.07, 6.45) is 7.72. The van der Waals surface area contributed by atoms with Crippen LogP contribution in [0.15, 0.2) is 0 Å². The van der Waals surface area contributed by atoms with Gasteiger partial charge in [-0.2, -0.15) is 17.4 Å². The van der Waals surface area contributed by atoms with Gasteiger partial charge in [0.15, 0.2) is 0 Å². The molecule has 5 unspecified atom stereocenters. The molecule has 21 heavy (non-hydrogen) atoms. The molecule has 1 heterocycles. The van der Waals surface area contributed by atoms with E-state index in [2.05, 4.69) is 4.72 Å². The fraction of sp³-hybridized carbons (Fsp3) is 1.00. The molecule has 0 aromatic heterocycles. The number of nitrogens with zero attached hydrogens (tertiary/aromatic N) is 1. The number of rotatable bonds is 5. The van der Waals surface area contributed by atoms with Gasteiger partial charge in [0.05, 0.1) is 6.61 Å². The van der Waals surface area contributed by atoms with E-state index in [0.717, 1.165) is 25.2 Å². The summed E-state index contributed by atoms with van der Waals surface area (Å²) in [5.74, 6) is 2.03. The molecular formula is C15H28N2O3S. The molecule has 3 rings (SSSR count). The van der Waals surface area contributed by atoms with Gasteiger partial charge in [-0.25, -0.2) is 0 Å². The summed E-state index contributed by atoms with van der Waals surface area (Å²) in [4.78, 5) is 0. The van der Waals surface area contributed by atoms with E-state index in [9.17, 15) is 13.5 Å². The molecule has 5 atom stereocenters. The van der Waals surface area contributed by atoms with E-state index in [1.807, 2.05) is 6.92 Å². The lowest BCUT2D eigenvalue weighted by Crippen LogP contribution is -2.53. The standard InChI is InChI=1S/C15H28N2O3S/c1-11(15-9-12-5-6-13(15)8-12)16-21(19,20)17-7-3-2-4-14(17)10-18/h11-16,18H,2-10H2,1H3. The van der Waals surface area contributed by atoms with Crippen LogP contribution in [0.2, 0.25) is 0 Å². The van der Waals surface area contributed by atoms with Gasteiger partial charge in [-0.3, -0.25) is 0 Å². The second kappa shape index (κ2) is 6.14. The van der Waals surface area contributed by atoms with Crippen molar-refractivity contribution in [1.29, 1.82) is 0 Å².